The largest absolute Gasteiger partial charge is 0.380 e. The third kappa shape index (κ3) is 2.36. The number of para-hydroxylation sites is 1. The van der Waals surface area contributed by atoms with Crippen LogP contribution >= 0.6 is 23.2 Å². The molecule has 4 rings (SSSR count). The Morgan fingerprint density at radius 1 is 1.12 bits per heavy atom. The van der Waals surface area contributed by atoms with E-state index in [1.165, 1.54) is 4.85 Å². The zero-order valence-corrected chi connectivity index (χ0v) is 14.1. The first-order valence-electron chi connectivity index (χ1n) is 7.59. The minimum atomic E-state index is -0.981. The van der Waals surface area contributed by atoms with Gasteiger partial charge in [-0.1, -0.05) is 46.2 Å². The smallest absolute Gasteiger partial charge is 0.210 e. The highest BCUT2D eigenvalue weighted by Crippen LogP contribution is 2.39. The van der Waals surface area contributed by atoms with Crippen molar-refractivity contribution in [2.45, 2.75) is 24.9 Å². The maximum atomic E-state index is 13.1. The highest BCUT2D eigenvalue weighted by Gasteiger charge is 2.49. The lowest BCUT2D eigenvalue weighted by Gasteiger charge is -2.39. The number of fused-ring (bicyclic) bond motifs is 1. The van der Waals surface area contributed by atoms with Crippen LogP contribution in [0.1, 0.15) is 29.6 Å². The second-order valence-corrected chi connectivity index (χ2v) is 6.61. The quantitative estimate of drug-likeness (QED) is 0.659. The summed E-state index contributed by atoms with van der Waals surface area (Å²) in [6.07, 6.45) is 2.10. The molecular weight excluding hydrogens is 349 g/mol. The summed E-state index contributed by atoms with van der Waals surface area (Å²) in [5.41, 5.74) is 0.812. The Balaban J connectivity index is 1.71. The molecule has 3 aromatic rings. The van der Waals surface area contributed by atoms with Gasteiger partial charge in [0.15, 0.2) is 5.60 Å². The number of halogens is 2. The average molecular weight is 362 g/mol. The summed E-state index contributed by atoms with van der Waals surface area (Å²) in [7, 11) is 0. The lowest BCUT2D eigenvalue weighted by atomic mass is 9.75. The monoisotopic (exact) mass is 361 g/mol. The van der Waals surface area contributed by atoms with E-state index in [1.807, 2.05) is 24.3 Å². The molecule has 0 unspecified atom stereocenters. The number of hydrogen-bond acceptors (Lipinski definition) is 4. The molecule has 0 amide bonds. The predicted molar refractivity (Wildman–Crippen MR) is 91.5 cm³/mol. The van der Waals surface area contributed by atoms with Gasteiger partial charge in [0, 0.05) is 5.56 Å². The van der Waals surface area contributed by atoms with Crippen molar-refractivity contribution in [2.75, 3.05) is 0 Å². The molecule has 1 aliphatic rings. The van der Waals surface area contributed by atoms with Crippen LogP contribution in [0.2, 0.25) is 10.0 Å². The molecule has 1 saturated carbocycles. The van der Waals surface area contributed by atoms with Gasteiger partial charge in [-0.25, -0.2) is 0 Å². The molecule has 122 valence electrons. The number of nitrogens with zero attached hydrogens (tertiary/aromatic N) is 3. The molecule has 0 bridgehead atoms. The fourth-order valence-electron chi connectivity index (χ4n) is 2.86. The van der Waals surface area contributed by atoms with E-state index < -0.39 is 5.60 Å². The van der Waals surface area contributed by atoms with Crippen molar-refractivity contribution < 1.29 is 9.63 Å². The zero-order chi connectivity index (χ0) is 16.7. The van der Waals surface area contributed by atoms with Gasteiger partial charge in [0.25, 0.3) is 0 Å². The van der Waals surface area contributed by atoms with Crippen molar-refractivity contribution in [3.63, 3.8) is 0 Å². The van der Waals surface area contributed by atoms with Crippen molar-refractivity contribution in [2.24, 2.45) is 0 Å². The fourth-order valence-corrected chi connectivity index (χ4v) is 3.25. The third-order valence-corrected chi connectivity index (χ3v) is 5.17. The van der Waals surface area contributed by atoms with Crippen LogP contribution in [0, 0.1) is 0 Å². The average Bonchev–Trinajstić information content (AvgIpc) is 2.96. The van der Waals surface area contributed by atoms with Crippen molar-refractivity contribution >= 4 is 40.0 Å². The van der Waals surface area contributed by atoms with Gasteiger partial charge in [0.1, 0.15) is 11.0 Å². The van der Waals surface area contributed by atoms with Crippen LogP contribution in [-0.4, -0.2) is 26.5 Å². The highest BCUT2D eigenvalue weighted by atomic mass is 35.5. The normalized spacial score (nSPS) is 15.9. The van der Waals surface area contributed by atoms with Crippen LogP contribution in [0.15, 0.2) is 42.5 Å². The van der Waals surface area contributed by atoms with Gasteiger partial charge in [-0.2, -0.15) is 0 Å². The second-order valence-electron chi connectivity index (χ2n) is 5.82. The van der Waals surface area contributed by atoms with Gasteiger partial charge in [0.2, 0.25) is 5.78 Å². The van der Waals surface area contributed by atoms with E-state index in [-0.39, 0.29) is 10.8 Å². The minimum Gasteiger partial charge on any atom is -0.380 e. The Kier molecular flexibility index (Phi) is 3.70. The van der Waals surface area contributed by atoms with Gasteiger partial charge >= 0.3 is 0 Å². The SMILES string of the molecule is O=C(c1cccc(Cl)c1Cl)C1(On2nnc3ccccc32)CCC1. The van der Waals surface area contributed by atoms with Crippen molar-refractivity contribution in [1.82, 2.24) is 15.2 Å². The first kappa shape index (κ1) is 15.4. The Bertz CT molecular complexity index is 934. The molecule has 5 nitrogen and oxygen atoms in total. The van der Waals surface area contributed by atoms with Gasteiger partial charge in [-0.05, 0) is 48.7 Å². The lowest BCUT2D eigenvalue weighted by molar-refractivity contribution is -0.0864. The highest BCUT2D eigenvalue weighted by molar-refractivity contribution is 6.44. The molecule has 1 aromatic heterocycles. The minimum absolute atomic E-state index is 0.180. The standard InChI is InChI=1S/C17H13Cl2N3O2/c18-12-6-3-5-11(15(12)19)16(23)17(9-4-10-17)24-22-14-8-2-1-7-13(14)20-21-22/h1-3,5-8H,4,9-10H2. The summed E-state index contributed by atoms with van der Waals surface area (Å²) in [6.45, 7) is 0. The first-order chi connectivity index (χ1) is 11.6. The Morgan fingerprint density at radius 3 is 2.67 bits per heavy atom. The maximum absolute atomic E-state index is 13.1. The van der Waals surface area contributed by atoms with E-state index in [9.17, 15) is 4.79 Å². The number of rotatable bonds is 4. The van der Waals surface area contributed by atoms with Gasteiger partial charge < -0.3 is 4.84 Å². The molecule has 24 heavy (non-hydrogen) atoms. The molecular formula is C17H13Cl2N3O2. The molecule has 1 aliphatic carbocycles. The Hall–Kier alpha value is -2.11. The van der Waals surface area contributed by atoms with Crippen LogP contribution < -0.4 is 4.84 Å². The van der Waals surface area contributed by atoms with Crippen LogP contribution in [0.3, 0.4) is 0 Å². The van der Waals surface area contributed by atoms with Crippen molar-refractivity contribution in [3.05, 3.63) is 58.1 Å². The fraction of sp³-hybridized carbons (Fsp3) is 0.235. The first-order valence-corrected chi connectivity index (χ1v) is 8.35. The third-order valence-electron chi connectivity index (χ3n) is 4.35. The summed E-state index contributed by atoms with van der Waals surface area (Å²) in [5, 5.41) is 8.67. The van der Waals surface area contributed by atoms with E-state index >= 15 is 0 Å². The van der Waals surface area contributed by atoms with Crippen LogP contribution in [0.5, 0.6) is 0 Å². The summed E-state index contributed by atoms with van der Waals surface area (Å²) in [5.74, 6) is -0.180. The van der Waals surface area contributed by atoms with E-state index in [4.69, 9.17) is 28.0 Å². The zero-order valence-electron chi connectivity index (χ0n) is 12.6. The summed E-state index contributed by atoms with van der Waals surface area (Å²) < 4.78 is 0. The molecule has 1 fully saturated rings. The van der Waals surface area contributed by atoms with Crippen molar-refractivity contribution in [1.29, 1.82) is 0 Å². The summed E-state index contributed by atoms with van der Waals surface area (Å²) in [4.78, 5) is 20.4. The number of ketones is 1. The Morgan fingerprint density at radius 2 is 1.92 bits per heavy atom. The predicted octanol–water partition coefficient (Wildman–Crippen LogP) is 3.97. The molecule has 0 N–H and O–H groups in total. The molecule has 1 heterocycles. The number of carbonyl (C=O) groups excluding carboxylic acids is 1. The summed E-state index contributed by atoms with van der Waals surface area (Å²) in [6, 6.07) is 12.5. The molecule has 0 saturated heterocycles. The molecule has 0 spiro atoms. The van der Waals surface area contributed by atoms with Crippen LogP contribution in [0.4, 0.5) is 0 Å². The number of carbonyl (C=O) groups is 1. The molecule has 0 radical (unpaired) electrons. The number of benzene rings is 2. The second kappa shape index (κ2) is 5.76. The van der Waals surface area contributed by atoms with E-state index in [2.05, 4.69) is 10.3 Å². The van der Waals surface area contributed by atoms with E-state index in [1.54, 1.807) is 18.2 Å². The summed E-state index contributed by atoms with van der Waals surface area (Å²) >= 11 is 12.2. The van der Waals surface area contributed by atoms with Gasteiger partial charge in [-0.15, -0.1) is 5.10 Å². The maximum Gasteiger partial charge on any atom is 0.210 e. The molecule has 0 atom stereocenters. The molecule has 2 aromatic carbocycles. The van der Waals surface area contributed by atoms with E-state index in [0.717, 1.165) is 6.42 Å². The topological polar surface area (TPSA) is 57.0 Å². The van der Waals surface area contributed by atoms with E-state index in [0.29, 0.717) is 34.5 Å². The van der Waals surface area contributed by atoms with Crippen LogP contribution in [0.25, 0.3) is 11.0 Å². The number of aromatic nitrogens is 3. The van der Waals surface area contributed by atoms with Crippen LogP contribution in [-0.2, 0) is 0 Å². The number of hydrogen-bond donors (Lipinski definition) is 0. The van der Waals surface area contributed by atoms with Gasteiger partial charge in [-0.3, -0.25) is 4.79 Å². The molecule has 7 heteroatoms. The van der Waals surface area contributed by atoms with Crippen molar-refractivity contribution in [3.8, 4) is 0 Å². The van der Waals surface area contributed by atoms with Gasteiger partial charge in [0.05, 0.1) is 10.0 Å². The number of Topliss-reactive ketones (excluding diaryl/α,β-unsaturated/α-hetero) is 1. The lowest BCUT2D eigenvalue weighted by Crippen LogP contribution is -2.54. The molecule has 0 aliphatic heterocycles. The Labute approximate surface area is 148 Å².